The quantitative estimate of drug-likeness (QED) is 0.680. The zero-order chi connectivity index (χ0) is 19.4. The zero-order valence-electron chi connectivity index (χ0n) is 15.7. The second kappa shape index (κ2) is 7.87. The molecule has 2 amide bonds. The summed E-state index contributed by atoms with van der Waals surface area (Å²) in [5, 5.41) is 5.74. The van der Waals surface area contributed by atoms with Crippen molar-refractivity contribution in [2.45, 2.75) is 20.8 Å². The summed E-state index contributed by atoms with van der Waals surface area (Å²) in [6, 6.07) is 20.3. The summed E-state index contributed by atoms with van der Waals surface area (Å²) in [7, 11) is 0. The molecule has 3 aromatic carbocycles. The first kappa shape index (κ1) is 18.4. The summed E-state index contributed by atoms with van der Waals surface area (Å²) >= 11 is 0. The monoisotopic (exact) mass is 358 g/mol. The van der Waals surface area contributed by atoms with Crippen molar-refractivity contribution < 1.29 is 9.59 Å². The number of anilines is 2. The molecule has 136 valence electrons. The summed E-state index contributed by atoms with van der Waals surface area (Å²) in [6.45, 7) is 5.88. The number of carbonyl (C=O) groups is 2. The number of amides is 2. The Bertz CT molecular complexity index is 971. The Kier molecular flexibility index (Phi) is 5.36. The molecular weight excluding hydrogens is 336 g/mol. The fourth-order valence-corrected chi connectivity index (χ4v) is 2.94. The molecule has 3 aromatic rings. The number of benzene rings is 3. The molecular formula is C23H22N2O2. The van der Waals surface area contributed by atoms with Gasteiger partial charge in [-0.1, -0.05) is 34.9 Å². The summed E-state index contributed by atoms with van der Waals surface area (Å²) in [5.74, 6) is -0.316. The van der Waals surface area contributed by atoms with Crippen molar-refractivity contribution in [3.05, 3.63) is 94.5 Å². The van der Waals surface area contributed by atoms with Crippen LogP contribution in [0.1, 0.15) is 37.4 Å². The van der Waals surface area contributed by atoms with Crippen LogP contribution < -0.4 is 10.6 Å². The fraction of sp³-hybridized carbons (Fsp3) is 0.130. The minimum atomic E-state index is -0.161. The maximum Gasteiger partial charge on any atom is 0.255 e. The molecule has 0 unspecified atom stereocenters. The smallest absolute Gasteiger partial charge is 0.255 e. The predicted octanol–water partition coefficient (Wildman–Crippen LogP) is 5.12. The minimum absolute atomic E-state index is 0.154. The highest BCUT2D eigenvalue weighted by Crippen LogP contribution is 2.17. The van der Waals surface area contributed by atoms with E-state index in [1.54, 1.807) is 30.3 Å². The number of hydrogen-bond acceptors (Lipinski definition) is 2. The molecule has 27 heavy (non-hydrogen) atoms. The molecule has 0 saturated heterocycles. The van der Waals surface area contributed by atoms with E-state index in [-0.39, 0.29) is 11.8 Å². The summed E-state index contributed by atoms with van der Waals surface area (Å²) in [5.41, 5.74) is 5.72. The van der Waals surface area contributed by atoms with E-state index in [1.807, 2.05) is 57.2 Å². The van der Waals surface area contributed by atoms with Crippen molar-refractivity contribution in [1.29, 1.82) is 0 Å². The van der Waals surface area contributed by atoms with Crippen LogP contribution in [0.3, 0.4) is 0 Å². The van der Waals surface area contributed by atoms with Crippen molar-refractivity contribution >= 4 is 23.2 Å². The molecule has 0 saturated carbocycles. The SMILES string of the molecule is Cc1cccc(C(=O)Nc2ccc(NC(=O)c3cc(C)cc(C)c3)cc2)c1. The van der Waals surface area contributed by atoms with Gasteiger partial charge < -0.3 is 10.6 Å². The van der Waals surface area contributed by atoms with Crippen LogP contribution in [-0.2, 0) is 0 Å². The largest absolute Gasteiger partial charge is 0.322 e. The second-order valence-corrected chi connectivity index (χ2v) is 6.73. The van der Waals surface area contributed by atoms with E-state index in [0.29, 0.717) is 22.5 Å². The van der Waals surface area contributed by atoms with Crippen molar-refractivity contribution in [3.63, 3.8) is 0 Å². The third kappa shape index (κ3) is 4.82. The van der Waals surface area contributed by atoms with E-state index in [1.165, 1.54) is 0 Å². The van der Waals surface area contributed by atoms with Crippen LogP contribution in [0, 0.1) is 20.8 Å². The Morgan fingerprint density at radius 2 is 1.07 bits per heavy atom. The molecule has 4 nitrogen and oxygen atoms in total. The highest BCUT2D eigenvalue weighted by molar-refractivity contribution is 6.06. The molecule has 0 aliphatic heterocycles. The first-order valence-electron chi connectivity index (χ1n) is 8.78. The number of hydrogen-bond donors (Lipinski definition) is 2. The van der Waals surface area contributed by atoms with E-state index < -0.39 is 0 Å². The molecule has 0 bridgehead atoms. The maximum absolute atomic E-state index is 12.4. The number of nitrogens with one attached hydrogen (secondary N) is 2. The predicted molar refractivity (Wildman–Crippen MR) is 109 cm³/mol. The molecule has 4 heteroatoms. The van der Waals surface area contributed by atoms with Gasteiger partial charge in [0.25, 0.3) is 11.8 Å². The third-order valence-corrected chi connectivity index (χ3v) is 4.16. The Labute approximate surface area is 159 Å². The normalized spacial score (nSPS) is 10.3. The summed E-state index contributed by atoms with van der Waals surface area (Å²) < 4.78 is 0. The molecule has 0 fully saturated rings. The Hall–Kier alpha value is -3.40. The maximum atomic E-state index is 12.4. The van der Waals surface area contributed by atoms with Crippen LogP contribution in [0.25, 0.3) is 0 Å². The van der Waals surface area contributed by atoms with Gasteiger partial charge in [0.15, 0.2) is 0 Å². The first-order chi connectivity index (χ1) is 12.9. The van der Waals surface area contributed by atoms with Gasteiger partial charge in [0.1, 0.15) is 0 Å². The van der Waals surface area contributed by atoms with Gasteiger partial charge in [-0.25, -0.2) is 0 Å². The van der Waals surface area contributed by atoms with Crippen LogP contribution in [0.15, 0.2) is 66.7 Å². The molecule has 0 aromatic heterocycles. The minimum Gasteiger partial charge on any atom is -0.322 e. The number of carbonyl (C=O) groups excluding carboxylic acids is 2. The molecule has 0 aliphatic carbocycles. The summed E-state index contributed by atoms with van der Waals surface area (Å²) in [6.07, 6.45) is 0. The van der Waals surface area contributed by atoms with E-state index in [0.717, 1.165) is 16.7 Å². The Morgan fingerprint density at radius 3 is 1.59 bits per heavy atom. The Balaban J connectivity index is 1.66. The van der Waals surface area contributed by atoms with Gasteiger partial charge in [-0.2, -0.15) is 0 Å². The van der Waals surface area contributed by atoms with Gasteiger partial charge >= 0.3 is 0 Å². The molecule has 0 heterocycles. The lowest BCUT2D eigenvalue weighted by Crippen LogP contribution is -2.13. The molecule has 0 radical (unpaired) electrons. The molecule has 0 atom stereocenters. The zero-order valence-corrected chi connectivity index (χ0v) is 15.7. The highest BCUT2D eigenvalue weighted by Gasteiger charge is 2.09. The van der Waals surface area contributed by atoms with Gasteiger partial charge in [0.2, 0.25) is 0 Å². The van der Waals surface area contributed by atoms with E-state index >= 15 is 0 Å². The lowest BCUT2D eigenvalue weighted by atomic mass is 10.1. The van der Waals surface area contributed by atoms with Crippen LogP contribution in [-0.4, -0.2) is 11.8 Å². The highest BCUT2D eigenvalue weighted by atomic mass is 16.2. The van der Waals surface area contributed by atoms with Crippen LogP contribution in [0.4, 0.5) is 11.4 Å². The van der Waals surface area contributed by atoms with Gasteiger partial charge in [-0.15, -0.1) is 0 Å². The van der Waals surface area contributed by atoms with Crippen LogP contribution in [0.5, 0.6) is 0 Å². The standard InChI is InChI=1S/C23H22N2O2/c1-15-5-4-6-18(12-15)22(26)24-20-7-9-21(10-8-20)25-23(27)19-13-16(2)11-17(3)14-19/h4-14H,1-3H3,(H,24,26)(H,25,27). The van der Waals surface area contributed by atoms with Crippen LogP contribution in [0.2, 0.25) is 0 Å². The van der Waals surface area contributed by atoms with Gasteiger partial charge in [0.05, 0.1) is 0 Å². The number of rotatable bonds is 4. The lowest BCUT2D eigenvalue weighted by Gasteiger charge is -2.09. The third-order valence-electron chi connectivity index (χ3n) is 4.16. The van der Waals surface area contributed by atoms with Crippen molar-refractivity contribution in [3.8, 4) is 0 Å². The fourth-order valence-electron chi connectivity index (χ4n) is 2.94. The summed E-state index contributed by atoms with van der Waals surface area (Å²) in [4.78, 5) is 24.7. The van der Waals surface area contributed by atoms with E-state index in [9.17, 15) is 9.59 Å². The van der Waals surface area contributed by atoms with Gasteiger partial charge in [-0.3, -0.25) is 9.59 Å². The molecule has 3 rings (SSSR count). The Morgan fingerprint density at radius 1 is 0.593 bits per heavy atom. The molecule has 0 aliphatic rings. The first-order valence-corrected chi connectivity index (χ1v) is 8.78. The lowest BCUT2D eigenvalue weighted by molar-refractivity contribution is 0.101. The van der Waals surface area contributed by atoms with Crippen molar-refractivity contribution in [2.75, 3.05) is 10.6 Å². The van der Waals surface area contributed by atoms with Gasteiger partial charge in [-0.05, 0) is 69.3 Å². The van der Waals surface area contributed by atoms with E-state index in [2.05, 4.69) is 10.6 Å². The van der Waals surface area contributed by atoms with Crippen molar-refractivity contribution in [2.24, 2.45) is 0 Å². The number of aryl methyl sites for hydroxylation is 3. The average Bonchev–Trinajstić information content (AvgIpc) is 2.62. The average molecular weight is 358 g/mol. The van der Waals surface area contributed by atoms with Gasteiger partial charge in [0, 0.05) is 22.5 Å². The topological polar surface area (TPSA) is 58.2 Å². The second-order valence-electron chi connectivity index (χ2n) is 6.73. The van der Waals surface area contributed by atoms with Crippen molar-refractivity contribution in [1.82, 2.24) is 0 Å². The van der Waals surface area contributed by atoms with E-state index in [4.69, 9.17) is 0 Å². The van der Waals surface area contributed by atoms with Crippen LogP contribution >= 0.6 is 0 Å². The molecule has 0 spiro atoms. The molecule has 2 N–H and O–H groups in total.